The molecule has 29 heavy (non-hydrogen) atoms. The number of halogens is 1. The Morgan fingerprint density at radius 3 is 2.62 bits per heavy atom. The first kappa shape index (κ1) is 19.1. The summed E-state index contributed by atoms with van der Waals surface area (Å²) in [5, 5.41) is 8.80. The van der Waals surface area contributed by atoms with Crippen LogP contribution in [0.1, 0.15) is 16.2 Å². The lowest BCUT2D eigenvalue weighted by atomic mass is 10.2. The average molecular weight is 414 g/mol. The van der Waals surface area contributed by atoms with Crippen LogP contribution in [-0.2, 0) is 0 Å². The van der Waals surface area contributed by atoms with Crippen LogP contribution in [0.2, 0.25) is 5.02 Å². The van der Waals surface area contributed by atoms with Gasteiger partial charge in [-0.3, -0.25) is 9.78 Å². The number of rotatable bonds is 4. The number of anilines is 1. The number of amides is 1. The first-order valence-corrected chi connectivity index (χ1v) is 9.53. The number of benzene rings is 1. The fraction of sp³-hybridized carbons (Fsp3) is 0.316. The molecule has 0 N–H and O–H groups in total. The Kier molecular flexibility index (Phi) is 5.30. The molecule has 2 aromatic heterocycles. The summed E-state index contributed by atoms with van der Waals surface area (Å²) >= 11 is 6.25. The van der Waals surface area contributed by atoms with Crippen molar-refractivity contribution in [2.45, 2.75) is 6.92 Å². The zero-order valence-electron chi connectivity index (χ0n) is 16.1. The lowest BCUT2D eigenvalue weighted by Crippen LogP contribution is -2.49. The number of carbonyl (C=O) groups is 1. The van der Waals surface area contributed by atoms with Gasteiger partial charge < -0.3 is 14.5 Å². The van der Waals surface area contributed by atoms with Crippen LogP contribution in [0.15, 0.2) is 36.7 Å². The molecule has 0 unspecified atom stereocenters. The lowest BCUT2D eigenvalue weighted by molar-refractivity contribution is 0.0739. The van der Waals surface area contributed by atoms with Gasteiger partial charge in [0.25, 0.3) is 5.91 Å². The summed E-state index contributed by atoms with van der Waals surface area (Å²) in [5.41, 5.74) is 1.68. The van der Waals surface area contributed by atoms with E-state index in [9.17, 15) is 4.79 Å². The fourth-order valence-corrected chi connectivity index (χ4v) is 3.47. The molecule has 4 rings (SSSR count). The van der Waals surface area contributed by atoms with Crippen LogP contribution in [0.3, 0.4) is 0 Å². The number of nitrogens with zero attached hydrogens (tertiary/aromatic N) is 7. The minimum absolute atomic E-state index is 0.142. The quantitative estimate of drug-likeness (QED) is 0.646. The normalized spacial score (nSPS) is 14.2. The highest BCUT2D eigenvalue weighted by atomic mass is 35.5. The highest BCUT2D eigenvalue weighted by Gasteiger charge is 2.27. The maximum absolute atomic E-state index is 13.0. The van der Waals surface area contributed by atoms with Crippen LogP contribution in [0.5, 0.6) is 5.88 Å². The summed E-state index contributed by atoms with van der Waals surface area (Å²) in [6, 6.07) is 7.33. The molecular formula is C19H20ClN7O2. The second-order valence-electron chi connectivity index (χ2n) is 6.59. The molecule has 0 aliphatic carbocycles. The van der Waals surface area contributed by atoms with E-state index in [2.05, 4.69) is 25.2 Å². The number of hydrogen-bond acceptors (Lipinski definition) is 7. The summed E-state index contributed by atoms with van der Waals surface area (Å²) in [4.78, 5) is 25.4. The SMILES string of the molecule is COc1cncc(N2CCN(C(=O)c3nnn(-c4ccccc4Cl)c3C)CC2)n1. The standard InChI is InChI=1S/C19H20ClN7O2/c1-13-18(23-24-27(13)15-6-4-3-5-14(15)20)19(28)26-9-7-25(8-10-26)16-11-21-12-17(22-16)29-2/h3-6,11-12H,7-10H2,1-2H3. The molecule has 0 spiro atoms. The minimum atomic E-state index is -0.142. The summed E-state index contributed by atoms with van der Waals surface area (Å²) < 4.78 is 6.73. The zero-order valence-corrected chi connectivity index (χ0v) is 16.9. The zero-order chi connectivity index (χ0) is 20.4. The van der Waals surface area contributed by atoms with E-state index in [1.807, 2.05) is 25.1 Å². The number of para-hydroxylation sites is 1. The van der Waals surface area contributed by atoms with E-state index in [4.69, 9.17) is 16.3 Å². The van der Waals surface area contributed by atoms with Gasteiger partial charge in [-0.1, -0.05) is 28.9 Å². The van der Waals surface area contributed by atoms with Crippen molar-refractivity contribution in [3.63, 3.8) is 0 Å². The molecule has 10 heteroatoms. The Labute approximate surface area is 172 Å². The Bertz CT molecular complexity index is 1030. The van der Waals surface area contributed by atoms with Crippen molar-refractivity contribution in [1.82, 2.24) is 29.9 Å². The molecule has 1 saturated heterocycles. The Morgan fingerprint density at radius 1 is 1.14 bits per heavy atom. The maximum atomic E-state index is 13.0. The van der Waals surface area contributed by atoms with Gasteiger partial charge in [-0.05, 0) is 19.1 Å². The van der Waals surface area contributed by atoms with Crippen molar-refractivity contribution in [3.8, 4) is 11.6 Å². The van der Waals surface area contributed by atoms with Gasteiger partial charge in [-0.15, -0.1) is 5.10 Å². The summed E-state index contributed by atoms with van der Waals surface area (Å²) in [6.45, 7) is 4.21. The van der Waals surface area contributed by atoms with Gasteiger partial charge in [0.2, 0.25) is 5.88 Å². The number of piperazine rings is 1. The Morgan fingerprint density at radius 2 is 1.90 bits per heavy atom. The van der Waals surface area contributed by atoms with Crippen LogP contribution in [0, 0.1) is 6.92 Å². The molecule has 1 aliphatic rings. The van der Waals surface area contributed by atoms with Gasteiger partial charge in [-0.25, -0.2) is 4.68 Å². The van der Waals surface area contributed by atoms with Gasteiger partial charge >= 0.3 is 0 Å². The van der Waals surface area contributed by atoms with Gasteiger partial charge in [-0.2, -0.15) is 4.98 Å². The molecule has 3 aromatic rings. The Balaban J connectivity index is 1.47. The van der Waals surface area contributed by atoms with Crippen molar-refractivity contribution in [1.29, 1.82) is 0 Å². The molecule has 1 amide bonds. The maximum Gasteiger partial charge on any atom is 0.276 e. The molecule has 9 nitrogen and oxygen atoms in total. The summed E-state index contributed by atoms with van der Waals surface area (Å²) in [6.07, 6.45) is 3.26. The van der Waals surface area contributed by atoms with Crippen molar-refractivity contribution < 1.29 is 9.53 Å². The van der Waals surface area contributed by atoms with E-state index in [1.54, 1.807) is 35.2 Å². The van der Waals surface area contributed by atoms with Gasteiger partial charge in [0.15, 0.2) is 11.5 Å². The van der Waals surface area contributed by atoms with Crippen molar-refractivity contribution >= 4 is 23.3 Å². The van der Waals surface area contributed by atoms with E-state index in [1.165, 1.54) is 0 Å². The molecule has 1 aromatic carbocycles. The van der Waals surface area contributed by atoms with Crippen molar-refractivity contribution in [2.24, 2.45) is 0 Å². The van der Waals surface area contributed by atoms with Crippen molar-refractivity contribution in [3.05, 3.63) is 53.1 Å². The smallest absolute Gasteiger partial charge is 0.276 e. The first-order chi connectivity index (χ1) is 14.1. The second kappa shape index (κ2) is 8.04. The van der Waals surface area contributed by atoms with Gasteiger partial charge in [0, 0.05) is 26.2 Å². The van der Waals surface area contributed by atoms with Crippen LogP contribution in [-0.4, -0.2) is 69.1 Å². The van der Waals surface area contributed by atoms with Gasteiger partial charge in [0.05, 0.1) is 35.9 Å². The molecule has 0 radical (unpaired) electrons. The van der Waals surface area contributed by atoms with Crippen LogP contribution in [0.25, 0.3) is 5.69 Å². The molecule has 0 bridgehead atoms. The van der Waals surface area contributed by atoms with Crippen LogP contribution >= 0.6 is 11.6 Å². The molecule has 0 saturated carbocycles. The predicted octanol–water partition coefficient (Wildman–Crippen LogP) is 1.99. The topological polar surface area (TPSA) is 89.3 Å². The largest absolute Gasteiger partial charge is 0.480 e. The third-order valence-corrected chi connectivity index (χ3v) is 5.20. The van der Waals surface area contributed by atoms with E-state index >= 15 is 0 Å². The number of ether oxygens (including phenoxy) is 1. The van der Waals surface area contributed by atoms with Crippen LogP contribution < -0.4 is 9.64 Å². The minimum Gasteiger partial charge on any atom is -0.480 e. The van der Waals surface area contributed by atoms with Gasteiger partial charge in [0.1, 0.15) is 0 Å². The predicted molar refractivity (Wildman–Crippen MR) is 108 cm³/mol. The summed E-state index contributed by atoms with van der Waals surface area (Å²) in [5.74, 6) is 1.06. The van der Waals surface area contributed by atoms with Crippen LogP contribution in [0.4, 0.5) is 5.82 Å². The van der Waals surface area contributed by atoms with Crippen molar-refractivity contribution in [2.75, 3.05) is 38.2 Å². The number of aromatic nitrogens is 5. The molecule has 1 fully saturated rings. The fourth-order valence-electron chi connectivity index (χ4n) is 3.26. The summed E-state index contributed by atoms with van der Waals surface area (Å²) in [7, 11) is 1.56. The number of carbonyl (C=O) groups excluding carboxylic acids is 1. The second-order valence-corrected chi connectivity index (χ2v) is 6.99. The third kappa shape index (κ3) is 3.73. The Hall–Kier alpha value is -3.20. The average Bonchev–Trinajstić information content (AvgIpc) is 3.15. The molecule has 1 aliphatic heterocycles. The van der Waals surface area contributed by atoms with E-state index < -0.39 is 0 Å². The number of methoxy groups -OCH3 is 1. The van der Waals surface area contributed by atoms with E-state index in [0.29, 0.717) is 54.2 Å². The third-order valence-electron chi connectivity index (χ3n) is 4.88. The lowest BCUT2D eigenvalue weighted by Gasteiger charge is -2.35. The molecule has 0 atom stereocenters. The molecule has 3 heterocycles. The van der Waals surface area contributed by atoms with E-state index in [-0.39, 0.29) is 5.91 Å². The highest BCUT2D eigenvalue weighted by Crippen LogP contribution is 2.22. The monoisotopic (exact) mass is 413 g/mol. The highest BCUT2D eigenvalue weighted by molar-refractivity contribution is 6.32. The van der Waals surface area contributed by atoms with E-state index in [0.717, 1.165) is 5.82 Å². The molecule has 150 valence electrons. The molecular weight excluding hydrogens is 394 g/mol. The first-order valence-electron chi connectivity index (χ1n) is 9.16. The number of hydrogen-bond donors (Lipinski definition) is 0.